The molecule has 0 radical (unpaired) electrons. The van der Waals surface area contributed by atoms with Gasteiger partial charge in [0.05, 0.1) is 11.7 Å². The summed E-state index contributed by atoms with van der Waals surface area (Å²) >= 11 is 5.84. The number of carboxylic acid groups (broad SMARTS) is 1. The molecule has 1 aliphatic rings. The summed E-state index contributed by atoms with van der Waals surface area (Å²) in [4.78, 5) is 28.4. The van der Waals surface area contributed by atoms with Crippen molar-refractivity contribution in [2.24, 2.45) is 0 Å². The van der Waals surface area contributed by atoms with E-state index in [0.717, 1.165) is 24.8 Å². The molecule has 0 saturated carbocycles. The summed E-state index contributed by atoms with van der Waals surface area (Å²) in [6, 6.07) is 22.5. The fraction of sp³-hybridized carbons (Fsp3) is 0.194. The number of aromatic nitrogens is 1. The number of anilines is 1. The van der Waals surface area contributed by atoms with Gasteiger partial charge in [0.1, 0.15) is 16.7 Å². The summed E-state index contributed by atoms with van der Waals surface area (Å²) in [6.45, 7) is 0.388. The van der Waals surface area contributed by atoms with Crippen LogP contribution in [0.2, 0.25) is 5.15 Å². The fourth-order valence-electron chi connectivity index (χ4n) is 4.73. The third kappa shape index (κ3) is 6.84. The molecular weight excluding hydrogens is 530 g/mol. The number of fused-ring (bicyclic) bond motifs is 1. The fourth-order valence-corrected chi connectivity index (χ4v) is 4.85. The van der Waals surface area contributed by atoms with Crippen LogP contribution in [-0.2, 0) is 12.8 Å². The molecule has 1 amide bonds. The maximum atomic E-state index is 12.6. The van der Waals surface area contributed by atoms with E-state index in [0.29, 0.717) is 40.0 Å². The molecule has 0 fully saturated rings. The number of aryl methyl sites for hydroxylation is 1. The lowest BCUT2D eigenvalue weighted by molar-refractivity contribution is 0.0696. The monoisotopic (exact) mass is 557 g/mol. The topological polar surface area (TPSA) is 121 Å². The Labute approximate surface area is 236 Å². The van der Waals surface area contributed by atoms with Crippen LogP contribution in [0, 0.1) is 0 Å². The van der Waals surface area contributed by atoms with E-state index >= 15 is 0 Å². The van der Waals surface area contributed by atoms with Crippen molar-refractivity contribution >= 4 is 29.2 Å². The van der Waals surface area contributed by atoms with E-state index < -0.39 is 12.1 Å². The number of pyridine rings is 1. The largest absolute Gasteiger partial charge is 0.478 e. The van der Waals surface area contributed by atoms with Crippen LogP contribution in [0.3, 0.4) is 0 Å². The number of halogens is 1. The standard InChI is InChI=1S/C31H28ClN3O5/c32-29-11-8-21(17-34-29)28(36)18-33-24-9-6-19-7-10-26(14-22(19)12-24)40-27-15-23(31(38)39)13-25(16-27)35-30(37)20-4-2-1-3-5-20/h1-5,7-8,10-11,13-17,24,28,33,36H,6,9,12,18H2,(H,35,37)(H,38,39)/t24-,28+/m0/s1. The van der Waals surface area contributed by atoms with Crippen molar-refractivity contribution in [3.8, 4) is 11.5 Å². The highest BCUT2D eigenvalue weighted by molar-refractivity contribution is 6.29. The van der Waals surface area contributed by atoms with E-state index in [1.165, 1.54) is 17.7 Å². The number of aliphatic hydroxyl groups is 1. The Morgan fingerprint density at radius 1 is 0.975 bits per heavy atom. The first-order valence-corrected chi connectivity index (χ1v) is 13.3. The van der Waals surface area contributed by atoms with Crippen molar-refractivity contribution in [2.75, 3.05) is 11.9 Å². The van der Waals surface area contributed by atoms with Gasteiger partial charge in [-0.05, 0) is 72.9 Å². The summed E-state index contributed by atoms with van der Waals surface area (Å²) in [5, 5.41) is 26.7. The third-order valence-corrected chi connectivity index (χ3v) is 7.05. The van der Waals surface area contributed by atoms with Crippen molar-refractivity contribution in [3.05, 3.63) is 118 Å². The minimum absolute atomic E-state index is 0.00229. The van der Waals surface area contributed by atoms with Gasteiger partial charge in [-0.2, -0.15) is 0 Å². The molecule has 1 aromatic heterocycles. The second-order valence-corrected chi connectivity index (χ2v) is 10.1. The highest BCUT2D eigenvalue weighted by atomic mass is 35.5. The Kier molecular flexibility index (Phi) is 8.40. The first kappa shape index (κ1) is 27.3. The van der Waals surface area contributed by atoms with Gasteiger partial charge in [-0.25, -0.2) is 9.78 Å². The number of rotatable bonds is 9. The second kappa shape index (κ2) is 12.3. The Hall–Kier alpha value is -4.24. The van der Waals surface area contributed by atoms with Crippen LogP contribution in [-0.4, -0.2) is 39.7 Å². The molecule has 4 N–H and O–H groups in total. The molecule has 0 bridgehead atoms. The van der Waals surface area contributed by atoms with Crippen LogP contribution in [0.5, 0.6) is 11.5 Å². The van der Waals surface area contributed by atoms with Gasteiger partial charge in [0.15, 0.2) is 0 Å². The van der Waals surface area contributed by atoms with E-state index in [-0.39, 0.29) is 17.5 Å². The van der Waals surface area contributed by atoms with Gasteiger partial charge in [-0.15, -0.1) is 0 Å². The van der Waals surface area contributed by atoms with E-state index in [1.54, 1.807) is 48.7 Å². The molecule has 204 valence electrons. The zero-order chi connectivity index (χ0) is 28.1. The third-order valence-electron chi connectivity index (χ3n) is 6.82. The molecule has 9 heteroatoms. The first-order valence-electron chi connectivity index (χ1n) is 12.9. The number of ether oxygens (including phenoxy) is 1. The van der Waals surface area contributed by atoms with Gasteiger partial charge >= 0.3 is 5.97 Å². The molecule has 5 rings (SSSR count). The molecule has 3 aromatic carbocycles. The Morgan fingerprint density at radius 2 is 1.80 bits per heavy atom. The van der Waals surface area contributed by atoms with Crippen molar-refractivity contribution in [1.29, 1.82) is 0 Å². The Morgan fingerprint density at radius 3 is 2.55 bits per heavy atom. The lowest BCUT2D eigenvalue weighted by atomic mass is 9.88. The number of benzene rings is 3. The summed E-state index contributed by atoms with van der Waals surface area (Å²) in [5.74, 6) is -0.613. The highest BCUT2D eigenvalue weighted by Gasteiger charge is 2.21. The van der Waals surface area contributed by atoms with Crippen molar-refractivity contribution in [1.82, 2.24) is 10.3 Å². The number of carbonyl (C=O) groups is 2. The highest BCUT2D eigenvalue weighted by Crippen LogP contribution is 2.31. The molecule has 4 aromatic rings. The molecule has 0 aliphatic heterocycles. The Bertz CT molecular complexity index is 1510. The number of aromatic carboxylic acids is 1. The minimum Gasteiger partial charge on any atom is -0.478 e. The molecule has 40 heavy (non-hydrogen) atoms. The number of aliphatic hydroxyl groups excluding tert-OH is 1. The van der Waals surface area contributed by atoms with E-state index in [1.807, 2.05) is 24.3 Å². The van der Waals surface area contributed by atoms with Gasteiger partial charge in [-0.3, -0.25) is 4.79 Å². The zero-order valence-electron chi connectivity index (χ0n) is 21.5. The average molecular weight is 558 g/mol. The molecule has 2 atom stereocenters. The van der Waals surface area contributed by atoms with Crippen LogP contribution >= 0.6 is 11.6 Å². The SMILES string of the molecule is O=C(O)c1cc(NC(=O)c2ccccc2)cc(Oc2ccc3c(c2)C[C@@H](NC[C@@H](O)c2ccc(Cl)nc2)CC3)c1. The molecule has 8 nitrogen and oxygen atoms in total. The number of nitrogens with zero attached hydrogens (tertiary/aromatic N) is 1. The molecule has 0 saturated heterocycles. The lowest BCUT2D eigenvalue weighted by Crippen LogP contribution is -2.37. The lowest BCUT2D eigenvalue weighted by Gasteiger charge is -2.27. The smallest absolute Gasteiger partial charge is 0.335 e. The molecular formula is C31H28ClN3O5. The minimum atomic E-state index is -1.13. The number of amides is 1. The first-order chi connectivity index (χ1) is 19.3. The van der Waals surface area contributed by atoms with Crippen LogP contribution < -0.4 is 15.4 Å². The average Bonchev–Trinajstić information content (AvgIpc) is 2.96. The van der Waals surface area contributed by atoms with E-state index in [2.05, 4.69) is 15.6 Å². The van der Waals surface area contributed by atoms with Crippen LogP contribution in [0.1, 0.15) is 49.9 Å². The van der Waals surface area contributed by atoms with Gasteiger partial charge in [0.25, 0.3) is 5.91 Å². The number of carbonyl (C=O) groups excluding carboxylic acids is 1. The Balaban J connectivity index is 1.27. The predicted molar refractivity (Wildman–Crippen MR) is 152 cm³/mol. The normalized spacial score (nSPS) is 15.1. The number of nitrogens with one attached hydrogen (secondary N) is 2. The molecule has 1 heterocycles. The van der Waals surface area contributed by atoms with E-state index in [4.69, 9.17) is 16.3 Å². The maximum absolute atomic E-state index is 12.6. The molecule has 0 unspecified atom stereocenters. The van der Waals surface area contributed by atoms with Crippen molar-refractivity contribution in [3.63, 3.8) is 0 Å². The number of hydrogen-bond acceptors (Lipinski definition) is 6. The van der Waals surface area contributed by atoms with Crippen LogP contribution in [0.15, 0.2) is 85.1 Å². The maximum Gasteiger partial charge on any atom is 0.335 e. The van der Waals surface area contributed by atoms with Gasteiger partial charge < -0.3 is 25.6 Å². The second-order valence-electron chi connectivity index (χ2n) is 9.68. The number of carboxylic acids is 1. The van der Waals surface area contributed by atoms with E-state index in [9.17, 15) is 19.8 Å². The number of hydrogen-bond donors (Lipinski definition) is 4. The van der Waals surface area contributed by atoms with Gasteiger partial charge in [0.2, 0.25) is 0 Å². The van der Waals surface area contributed by atoms with Crippen LogP contribution in [0.25, 0.3) is 0 Å². The summed E-state index contributed by atoms with van der Waals surface area (Å²) in [7, 11) is 0. The van der Waals surface area contributed by atoms with Gasteiger partial charge in [-0.1, -0.05) is 41.9 Å². The van der Waals surface area contributed by atoms with Crippen molar-refractivity contribution in [2.45, 2.75) is 31.4 Å². The summed E-state index contributed by atoms with van der Waals surface area (Å²) in [6.07, 6.45) is 3.46. The summed E-state index contributed by atoms with van der Waals surface area (Å²) in [5.41, 5.74) is 3.82. The molecule has 1 aliphatic carbocycles. The quantitative estimate of drug-likeness (QED) is 0.196. The summed E-state index contributed by atoms with van der Waals surface area (Å²) < 4.78 is 6.07. The van der Waals surface area contributed by atoms with Crippen molar-refractivity contribution < 1.29 is 24.5 Å². The zero-order valence-corrected chi connectivity index (χ0v) is 22.3. The van der Waals surface area contributed by atoms with Crippen LogP contribution in [0.4, 0.5) is 5.69 Å². The predicted octanol–water partition coefficient (Wildman–Crippen LogP) is 5.66. The van der Waals surface area contributed by atoms with Gasteiger partial charge in [0, 0.05) is 41.7 Å². The molecule has 0 spiro atoms.